The third-order valence-corrected chi connectivity index (χ3v) is 3.33. The van der Waals surface area contributed by atoms with Crippen molar-refractivity contribution in [1.82, 2.24) is 0 Å². The van der Waals surface area contributed by atoms with Gasteiger partial charge in [0.2, 0.25) is 0 Å². The van der Waals surface area contributed by atoms with Crippen LogP contribution < -0.4 is 35.5 Å². The number of unbranched alkanes of at least 4 members (excludes halogenated alkanes) is 6. The average molecular weight is 281 g/mol. The molecule has 0 amide bonds. The predicted molar refractivity (Wildman–Crippen MR) is 77.0 cm³/mol. The standard InChI is InChI=1S/C12H24.C3H7NO2.Na.H/c1-2-3-4-5-6-7-8-9-12-10-11-12;1-2-3(5)6-4;;/h12H,2-11H2,1H3;2,4H2,1H3;;/q;;+1;-1. The fraction of sp³-hybridized carbons (Fsp3) is 0.933. The third kappa shape index (κ3) is 18.4. The fourth-order valence-electron chi connectivity index (χ4n) is 1.88. The van der Waals surface area contributed by atoms with Gasteiger partial charge in [0.15, 0.2) is 0 Å². The van der Waals surface area contributed by atoms with Gasteiger partial charge in [-0.05, 0) is 5.92 Å². The summed E-state index contributed by atoms with van der Waals surface area (Å²) in [5, 5.41) is 0. The quantitative estimate of drug-likeness (QED) is 0.395. The van der Waals surface area contributed by atoms with Crippen LogP contribution in [-0.4, -0.2) is 5.97 Å². The molecule has 1 aliphatic rings. The number of carbonyl (C=O) groups is 1. The number of hydrogen-bond donors (Lipinski definition) is 1. The Labute approximate surface area is 142 Å². The molecule has 4 heteroatoms. The first-order valence-electron chi connectivity index (χ1n) is 7.64. The van der Waals surface area contributed by atoms with Gasteiger partial charge in [-0.2, -0.15) is 5.90 Å². The van der Waals surface area contributed by atoms with Crippen LogP contribution in [-0.2, 0) is 9.63 Å². The molecule has 0 aromatic carbocycles. The van der Waals surface area contributed by atoms with Crippen LogP contribution in [0, 0.1) is 5.92 Å². The van der Waals surface area contributed by atoms with Gasteiger partial charge in [0.05, 0.1) is 0 Å². The van der Waals surface area contributed by atoms with E-state index in [-0.39, 0.29) is 37.0 Å². The van der Waals surface area contributed by atoms with Gasteiger partial charge in [-0.1, -0.05) is 78.1 Å². The van der Waals surface area contributed by atoms with Crippen molar-refractivity contribution in [3.8, 4) is 0 Å². The van der Waals surface area contributed by atoms with E-state index in [2.05, 4.69) is 17.7 Å². The molecule has 0 radical (unpaired) electrons. The van der Waals surface area contributed by atoms with Crippen LogP contribution in [0.4, 0.5) is 0 Å². The smallest absolute Gasteiger partial charge is 1.00 e. The van der Waals surface area contributed by atoms with Crippen LogP contribution >= 0.6 is 0 Å². The molecule has 0 aromatic rings. The average Bonchev–Trinajstić information content (AvgIpc) is 3.21. The maximum atomic E-state index is 9.83. The van der Waals surface area contributed by atoms with Crippen LogP contribution in [0.5, 0.6) is 0 Å². The molecule has 3 nitrogen and oxygen atoms in total. The van der Waals surface area contributed by atoms with Gasteiger partial charge in [-0.3, -0.25) is 4.79 Å². The molecule has 0 spiro atoms. The topological polar surface area (TPSA) is 52.3 Å². The Hall–Kier alpha value is 0.430. The first-order chi connectivity index (χ1) is 8.74. The molecular weight excluding hydrogens is 249 g/mol. The molecular formula is C15H32NNaO2. The minimum atomic E-state index is -0.380. The summed E-state index contributed by atoms with van der Waals surface area (Å²) in [7, 11) is 0. The summed E-state index contributed by atoms with van der Waals surface area (Å²) in [6, 6.07) is 0. The summed E-state index contributed by atoms with van der Waals surface area (Å²) in [5.41, 5.74) is 0. The van der Waals surface area contributed by atoms with Gasteiger partial charge in [0, 0.05) is 6.42 Å². The van der Waals surface area contributed by atoms with Crippen LogP contribution in [0.1, 0.15) is 85.9 Å². The molecule has 2 N–H and O–H groups in total. The first kappa shape index (κ1) is 21.7. The van der Waals surface area contributed by atoms with Crippen molar-refractivity contribution in [2.24, 2.45) is 11.8 Å². The summed E-state index contributed by atoms with van der Waals surface area (Å²) in [4.78, 5) is 13.6. The molecule has 1 fully saturated rings. The van der Waals surface area contributed by atoms with Gasteiger partial charge in [-0.25, -0.2) is 0 Å². The molecule has 0 heterocycles. The minimum Gasteiger partial charge on any atom is -1.00 e. The van der Waals surface area contributed by atoms with Crippen molar-refractivity contribution < 1.29 is 40.6 Å². The zero-order valence-electron chi connectivity index (χ0n) is 14.2. The SMILES string of the molecule is CCC(=O)ON.CCCCCCCCCC1CC1.[H-].[Na+]. The van der Waals surface area contributed by atoms with Crippen molar-refractivity contribution >= 4 is 5.97 Å². The largest absolute Gasteiger partial charge is 1.00 e. The maximum absolute atomic E-state index is 9.83. The van der Waals surface area contributed by atoms with Gasteiger partial charge in [-0.15, -0.1) is 0 Å². The maximum Gasteiger partial charge on any atom is 1.00 e. The van der Waals surface area contributed by atoms with Crippen molar-refractivity contribution in [2.75, 3.05) is 0 Å². The second-order valence-electron chi connectivity index (χ2n) is 5.20. The Morgan fingerprint density at radius 1 is 1.11 bits per heavy atom. The van der Waals surface area contributed by atoms with Crippen molar-refractivity contribution in [1.29, 1.82) is 0 Å². The number of carbonyl (C=O) groups excluding carboxylic acids is 1. The molecule has 1 saturated carbocycles. The van der Waals surface area contributed by atoms with Crippen molar-refractivity contribution in [3.63, 3.8) is 0 Å². The second kappa shape index (κ2) is 16.5. The van der Waals surface area contributed by atoms with E-state index in [0.717, 1.165) is 5.92 Å². The van der Waals surface area contributed by atoms with E-state index in [1.165, 1.54) is 64.2 Å². The predicted octanol–water partition coefficient (Wildman–Crippen LogP) is 1.47. The fourth-order valence-corrected chi connectivity index (χ4v) is 1.88. The van der Waals surface area contributed by atoms with E-state index in [0.29, 0.717) is 6.42 Å². The van der Waals surface area contributed by atoms with Crippen molar-refractivity contribution in [3.05, 3.63) is 0 Å². The monoisotopic (exact) mass is 281 g/mol. The van der Waals surface area contributed by atoms with Crippen LogP contribution in [0.25, 0.3) is 0 Å². The summed E-state index contributed by atoms with van der Waals surface area (Å²) >= 11 is 0. The van der Waals surface area contributed by atoms with Gasteiger partial charge >= 0.3 is 35.5 Å². The van der Waals surface area contributed by atoms with Gasteiger partial charge < -0.3 is 6.26 Å². The summed E-state index contributed by atoms with van der Waals surface area (Å²) in [5.74, 6) is 5.21. The molecule has 0 bridgehead atoms. The molecule has 0 aromatic heterocycles. The molecule has 110 valence electrons. The summed E-state index contributed by atoms with van der Waals surface area (Å²) in [6.45, 7) is 3.96. The van der Waals surface area contributed by atoms with Crippen LogP contribution in [0.2, 0.25) is 0 Å². The summed E-state index contributed by atoms with van der Waals surface area (Å²) < 4.78 is 0. The molecule has 19 heavy (non-hydrogen) atoms. The van der Waals surface area contributed by atoms with Crippen LogP contribution in [0.15, 0.2) is 0 Å². The Morgan fingerprint density at radius 3 is 2.00 bits per heavy atom. The molecule has 0 saturated heterocycles. The second-order valence-corrected chi connectivity index (χ2v) is 5.20. The van der Waals surface area contributed by atoms with E-state index in [4.69, 9.17) is 0 Å². The Bertz CT molecular complexity index is 196. The Balaban J connectivity index is -0.000000316. The normalized spacial score (nSPS) is 13.0. The van der Waals surface area contributed by atoms with Crippen LogP contribution in [0.3, 0.4) is 0 Å². The van der Waals surface area contributed by atoms with E-state index < -0.39 is 0 Å². The number of rotatable bonds is 9. The molecule has 1 aliphatic carbocycles. The summed E-state index contributed by atoms with van der Waals surface area (Å²) in [6.07, 6.45) is 15.2. The minimum absolute atomic E-state index is 0. The van der Waals surface area contributed by atoms with E-state index in [1.54, 1.807) is 6.92 Å². The molecule has 0 atom stereocenters. The van der Waals surface area contributed by atoms with E-state index in [1.807, 2.05) is 0 Å². The van der Waals surface area contributed by atoms with Gasteiger partial charge in [0.1, 0.15) is 0 Å². The zero-order chi connectivity index (χ0) is 13.6. The number of hydrogen-bond acceptors (Lipinski definition) is 3. The first-order valence-corrected chi connectivity index (χ1v) is 7.64. The number of nitrogens with two attached hydrogens (primary N) is 1. The zero-order valence-corrected chi connectivity index (χ0v) is 15.2. The Kier molecular flexibility index (Phi) is 18.8. The van der Waals surface area contributed by atoms with E-state index >= 15 is 0 Å². The van der Waals surface area contributed by atoms with Gasteiger partial charge in [0.25, 0.3) is 0 Å². The molecule has 0 unspecified atom stereocenters. The Morgan fingerprint density at radius 2 is 1.63 bits per heavy atom. The molecule has 1 rings (SSSR count). The van der Waals surface area contributed by atoms with Crippen molar-refractivity contribution in [2.45, 2.75) is 84.5 Å². The third-order valence-electron chi connectivity index (χ3n) is 3.33. The van der Waals surface area contributed by atoms with E-state index in [9.17, 15) is 4.79 Å². The molecule has 0 aliphatic heterocycles.